The Labute approximate surface area is 116 Å². The Morgan fingerprint density at radius 1 is 1.35 bits per heavy atom. The zero-order valence-corrected chi connectivity index (χ0v) is 12.0. The molecule has 20 heavy (non-hydrogen) atoms. The Morgan fingerprint density at radius 3 is 2.45 bits per heavy atom. The van der Waals surface area contributed by atoms with Gasteiger partial charge in [0.15, 0.2) is 0 Å². The predicted molar refractivity (Wildman–Crippen MR) is 67.8 cm³/mol. The lowest BCUT2D eigenvalue weighted by Crippen LogP contribution is -2.47. The van der Waals surface area contributed by atoms with Gasteiger partial charge in [-0.25, -0.2) is 0 Å². The van der Waals surface area contributed by atoms with Crippen LogP contribution in [0.3, 0.4) is 0 Å². The normalized spacial score (nSPS) is 24.9. The molecule has 2 atom stereocenters. The van der Waals surface area contributed by atoms with E-state index in [9.17, 15) is 22.8 Å². The third-order valence-corrected chi connectivity index (χ3v) is 3.27. The molecular formula is C13H21F3N2O2. The first-order valence-corrected chi connectivity index (χ1v) is 6.76. The molecular weight excluding hydrogens is 273 g/mol. The topological polar surface area (TPSA) is 49.4 Å². The highest BCUT2D eigenvalue weighted by Gasteiger charge is 2.36. The Kier molecular flexibility index (Phi) is 5.42. The first kappa shape index (κ1) is 16.8. The van der Waals surface area contributed by atoms with Gasteiger partial charge in [0.2, 0.25) is 11.8 Å². The molecule has 0 radical (unpaired) electrons. The van der Waals surface area contributed by atoms with Crippen LogP contribution in [0.2, 0.25) is 0 Å². The van der Waals surface area contributed by atoms with Crippen molar-refractivity contribution in [1.29, 1.82) is 0 Å². The number of alkyl halides is 3. The highest BCUT2D eigenvalue weighted by atomic mass is 19.4. The number of amides is 2. The van der Waals surface area contributed by atoms with Gasteiger partial charge in [-0.3, -0.25) is 9.59 Å². The monoisotopic (exact) mass is 294 g/mol. The highest BCUT2D eigenvalue weighted by molar-refractivity contribution is 5.90. The molecule has 1 aliphatic heterocycles. The van der Waals surface area contributed by atoms with Gasteiger partial charge in [0.05, 0.1) is 6.42 Å². The van der Waals surface area contributed by atoms with Crippen LogP contribution in [0, 0.1) is 5.92 Å². The predicted octanol–water partition coefficient (Wildman–Crippen LogP) is 2.09. The molecule has 1 aliphatic rings. The van der Waals surface area contributed by atoms with Gasteiger partial charge in [0, 0.05) is 19.0 Å². The van der Waals surface area contributed by atoms with Crippen LogP contribution in [0.15, 0.2) is 0 Å². The maximum atomic E-state index is 12.3. The average molecular weight is 294 g/mol. The first-order valence-electron chi connectivity index (χ1n) is 6.76. The zero-order valence-electron chi connectivity index (χ0n) is 12.0. The van der Waals surface area contributed by atoms with Crippen molar-refractivity contribution >= 4 is 11.8 Å². The third-order valence-electron chi connectivity index (χ3n) is 3.27. The van der Waals surface area contributed by atoms with E-state index in [0.717, 1.165) is 0 Å². The standard InChI is InChI=1S/C13H21F3N2O2/c1-8(2)6-10-12(20)18(5-4-13(14,15)16)9(3)7-11(19)17-10/h8-10H,4-7H2,1-3H3,(H,17,19). The SMILES string of the molecule is CC(C)CC1NC(=O)CC(C)N(CCC(F)(F)F)C1=O. The van der Waals surface area contributed by atoms with Crippen LogP contribution < -0.4 is 5.32 Å². The molecule has 116 valence electrons. The van der Waals surface area contributed by atoms with Crippen LogP contribution in [0.4, 0.5) is 13.2 Å². The fourth-order valence-electron chi connectivity index (χ4n) is 2.32. The molecule has 1 saturated heterocycles. The second-order valence-corrected chi connectivity index (χ2v) is 5.70. The van der Waals surface area contributed by atoms with Gasteiger partial charge >= 0.3 is 6.18 Å². The number of hydrogen-bond donors (Lipinski definition) is 1. The Bertz CT molecular complexity index is 369. The minimum Gasteiger partial charge on any atom is -0.344 e. The van der Waals surface area contributed by atoms with Gasteiger partial charge in [-0.2, -0.15) is 13.2 Å². The molecule has 4 nitrogen and oxygen atoms in total. The molecule has 0 aromatic carbocycles. The smallest absolute Gasteiger partial charge is 0.344 e. The van der Waals surface area contributed by atoms with Crippen molar-refractivity contribution in [2.45, 2.75) is 58.3 Å². The van der Waals surface area contributed by atoms with Gasteiger partial charge in [-0.15, -0.1) is 0 Å². The largest absolute Gasteiger partial charge is 0.390 e. The van der Waals surface area contributed by atoms with Crippen LogP contribution in [0.1, 0.15) is 40.0 Å². The quantitative estimate of drug-likeness (QED) is 0.863. The van der Waals surface area contributed by atoms with E-state index < -0.39 is 37.1 Å². The molecule has 2 amide bonds. The molecule has 0 aromatic heterocycles. The van der Waals surface area contributed by atoms with Crippen molar-refractivity contribution in [3.63, 3.8) is 0 Å². The molecule has 1 heterocycles. The molecule has 1 fully saturated rings. The second-order valence-electron chi connectivity index (χ2n) is 5.70. The summed E-state index contributed by atoms with van der Waals surface area (Å²) in [6.45, 7) is 5.00. The van der Waals surface area contributed by atoms with E-state index in [1.807, 2.05) is 13.8 Å². The Balaban J connectivity index is 2.83. The van der Waals surface area contributed by atoms with Crippen LogP contribution >= 0.6 is 0 Å². The van der Waals surface area contributed by atoms with Crippen LogP contribution in [-0.4, -0.2) is 41.5 Å². The summed E-state index contributed by atoms with van der Waals surface area (Å²) in [5.74, 6) is -0.533. The number of nitrogens with one attached hydrogen (secondary N) is 1. The van der Waals surface area contributed by atoms with Gasteiger partial charge in [0.25, 0.3) is 0 Å². The minimum atomic E-state index is -4.31. The molecule has 2 unspecified atom stereocenters. The number of carbonyl (C=O) groups is 2. The van der Waals surface area contributed by atoms with Crippen molar-refractivity contribution in [3.8, 4) is 0 Å². The van der Waals surface area contributed by atoms with Gasteiger partial charge < -0.3 is 10.2 Å². The summed E-state index contributed by atoms with van der Waals surface area (Å²) in [5, 5.41) is 2.61. The highest BCUT2D eigenvalue weighted by Crippen LogP contribution is 2.23. The molecule has 0 saturated carbocycles. The van der Waals surface area contributed by atoms with E-state index in [0.29, 0.717) is 6.42 Å². The molecule has 0 aromatic rings. The minimum absolute atomic E-state index is 0.0399. The molecule has 1 rings (SSSR count). The van der Waals surface area contributed by atoms with E-state index in [-0.39, 0.29) is 18.2 Å². The van der Waals surface area contributed by atoms with E-state index in [4.69, 9.17) is 0 Å². The lowest BCUT2D eigenvalue weighted by Gasteiger charge is -2.29. The van der Waals surface area contributed by atoms with E-state index in [1.54, 1.807) is 6.92 Å². The maximum Gasteiger partial charge on any atom is 0.390 e. The number of carbonyl (C=O) groups excluding carboxylic acids is 2. The van der Waals surface area contributed by atoms with Crippen LogP contribution in [-0.2, 0) is 9.59 Å². The Hall–Kier alpha value is -1.27. The molecule has 0 bridgehead atoms. The number of halogens is 3. The van der Waals surface area contributed by atoms with Gasteiger partial charge in [0.1, 0.15) is 6.04 Å². The number of rotatable bonds is 4. The molecule has 0 spiro atoms. The van der Waals surface area contributed by atoms with E-state index in [1.165, 1.54) is 4.90 Å². The fourth-order valence-corrected chi connectivity index (χ4v) is 2.32. The molecule has 1 N–H and O–H groups in total. The maximum absolute atomic E-state index is 12.3. The summed E-state index contributed by atoms with van der Waals surface area (Å²) in [6.07, 6.45) is -4.89. The van der Waals surface area contributed by atoms with Crippen molar-refractivity contribution < 1.29 is 22.8 Å². The first-order chi connectivity index (χ1) is 9.10. The zero-order chi connectivity index (χ0) is 15.5. The van der Waals surface area contributed by atoms with Crippen LogP contribution in [0.25, 0.3) is 0 Å². The summed E-state index contributed by atoms with van der Waals surface area (Å²) < 4.78 is 37.0. The molecule has 7 heteroatoms. The number of hydrogen-bond acceptors (Lipinski definition) is 2. The summed E-state index contributed by atoms with van der Waals surface area (Å²) in [7, 11) is 0. The number of nitrogens with zero attached hydrogens (tertiary/aromatic N) is 1. The van der Waals surface area contributed by atoms with E-state index >= 15 is 0 Å². The fraction of sp³-hybridized carbons (Fsp3) is 0.846. The van der Waals surface area contributed by atoms with Crippen LogP contribution in [0.5, 0.6) is 0 Å². The van der Waals surface area contributed by atoms with Crippen molar-refractivity contribution in [2.24, 2.45) is 5.92 Å². The lowest BCUT2D eigenvalue weighted by atomic mass is 10.0. The third kappa shape index (κ3) is 5.02. The van der Waals surface area contributed by atoms with E-state index in [2.05, 4.69) is 5.32 Å². The Morgan fingerprint density at radius 2 is 1.95 bits per heavy atom. The van der Waals surface area contributed by atoms with Crippen molar-refractivity contribution in [3.05, 3.63) is 0 Å². The summed E-state index contributed by atoms with van der Waals surface area (Å²) in [4.78, 5) is 25.1. The van der Waals surface area contributed by atoms with Gasteiger partial charge in [-0.1, -0.05) is 13.8 Å². The lowest BCUT2D eigenvalue weighted by molar-refractivity contribution is -0.148. The summed E-state index contributed by atoms with van der Waals surface area (Å²) in [6, 6.07) is -1.23. The second kappa shape index (κ2) is 6.45. The summed E-state index contributed by atoms with van der Waals surface area (Å²) >= 11 is 0. The van der Waals surface area contributed by atoms with Crippen molar-refractivity contribution in [1.82, 2.24) is 10.2 Å². The average Bonchev–Trinajstić information content (AvgIpc) is 2.33. The summed E-state index contributed by atoms with van der Waals surface area (Å²) in [5.41, 5.74) is 0. The van der Waals surface area contributed by atoms with Crippen molar-refractivity contribution in [2.75, 3.05) is 6.54 Å². The van der Waals surface area contributed by atoms with Gasteiger partial charge in [-0.05, 0) is 19.3 Å². The molecule has 0 aliphatic carbocycles.